The molecule has 0 fully saturated rings. The van der Waals surface area contributed by atoms with E-state index in [0.29, 0.717) is 11.6 Å². The summed E-state index contributed by atoms with van der Waals surface area (Å²) in [5, 5.41) is 2.89. The molecule has 12 heteroatoms. The van der Waals surface area contributed by atoms with Crippen LogP contribution in [-0.2, 0) is 12.0 Å². The zero-order chi connectivity index (χ0) is 28.1. The molecule has 0 aliphatic rings. The van der Waals surface area contributed by atoms with E-state index in [0.717, 1.165) is 24.3 Å². The summed E-state index contributed by atoms with van der Waals surface area (Å²) in [7, 11) is 0. The SMILES string of the molecule is NC(CN[C@](Cc1ccccc1)(c1ccc(F)cc1)c1cc(F)cc(OC(F)(F)C(F)F)c1)CC(F)(F)F. The Morgan fingerprint density at radius 2 is 1.42 bits per heavy atom. The molecule has 0 bridgehead atoms. The third-order valence-corrected chi connectivity index (χ3v) is 5.68. The van der Waals surface area contributed by atoms with Gasteiger partial charge in [-0.05, 0) is 47.4 Å². The molecular formula is C26H23F9N2O. The van der Waals surface area contributed by atoms with Gasteiger partial charge in [0.2, 0.25) is 0 Å². The lowest BCUT2D eigenvalue weighted by molar-refractivity contribution is -0.253. The molecule has 0 saturated heterocycles. The van der Waals surface area contributed by atoms with E-state index in [2.05, 4.69) is 10.1 Å². The first-order chi connectivity index (χ1) is 17.7. The van der Waals surface area contributed by atoms with Crippen molar-refractivity contribution in [3.63, 3.8) is 0 Å². The molecule has 0 amide bonds. The quantitative estimate of drug-likeness (QED) is 0.266. The number of hydrogen-bond acceptors (Lipinski definition) is 3. The zero-order valence-electron chi connectivity index (χ0n) is 19.6. The number of ether oxygens (including phenoxy) is 1. The van der Waals surface area contributed by atoms with Crippen LogP contribution in [0.4, 0.5) is 39.5 Å². The van der Waals surface area contributed by atoms with Crippen molar-refractivity contribution in [1.82, 2.24) is 5.32 Å². The minimum atomic E-state index is -4.95. The van der Waals surface area contributed by atoms with Crippen LogP contribution in [0.15, 0.2) is 72.8 Å². The Hall–Kier alpha value is -3.25. The minimum absolute atomic E-state index is 0.105. The largest absolute Gasteiger partial charge is 0.461 e. The molecule has 2 atom stereocenters. The molecule has 38 heavy (non-hydrogen) atoms. The number of nitrogens with one attached hydrogen (secondary N) is 1. The van der Waals surface area contributed by atoms with E-state index >= 15 is 0 Å². The second-order valence-electron chi connectivity index (χ2n) is 8.68. The maximum absolute atomic E-state index is 14.7. The van der Waals surface area contributed by atoms with Gasteiger partial charge in [-0.25, -0.2) is 8.78 Å². The van der Waals surface area contributed by atoms with Crippen molar-refractivity contribution in [2.24, 2.45) is 5.73 Å². The van der Waals surface area contributed by atoms with Crippen LogP contribution in [0.2, 0.25) is 0 Å². The Kier molecular flexibility index (Phi) is 8.98. The molecule has 3 aromatic rings. The fraction of sp³-hybridized carbons (Fsp3) is 0.308. The van der Waals surface area contributed by atoms with Crippen molar-refractivity contribution in [2.45, 2.75) is 43.1 Å². The van der Waals surface area contributed by atoms with E-state index in [-0.39, 0.29) is 17.5 Å². The molecule has 0 aliphatic carbocycles. The maximum atomic E-state index is 14.7. The molecule has 0 aliphatic heterocycles. The summed E-state index contributed by atoms with van der Waals surface area (Å²) in [6.45, 7) is -0.496. The van der Waals surface area contributed by atoms with Gasteiger partial charge in [0.15, 0.2) is 0 Å². The van der Waals surface area contributed by atoms with Gasteiger partial charge in [-0.1, -0.05) is 42.5 Å². The third kappa shape index (κ3) is 7.64. The monoisotopic (exact) mass is 550 g/mol. The Labute approximate surface area is 212 Å². The van der Waals surface area contributed by atoms with Gasteiger partial charge < -0.3 is 15.8 Å². The lowest BCUT2D eigenvalue weighted by Crippen LogP contribution is -2.50. The molecule has 3 aromatic carbocycles. The molecule has 3 rings (SSSR count). The summed E-state index contributed by atoms with van der Waals surface area (Å²) in [6, 6.07) is 13.7. The lowest BCUT2D eigenvalue weighted by Gasteiger charge is -2.38. The fourth-order valence-electron chi connectivity index (χ4n) is 4.02. The molecule has 3 N–H and O–H groups in total. The molecule has 0 radical (unpaired) electrons. The summed E-state index contributed by atoms with van der Waals surface area (Å²) in [5.41, 5.74) is 4.63. The van der Waals surface area contributed by atoms with Crippen molar-refractivity contribution < 1.29 is 44.3 Å². The topological polar surface area (TPSA) is 47.3 Å². The normalized spacial score (nSPS) is 14.8. The Morgan fingerprint density at radius 3 is 2.00 bits per heavy atom. The van der Waals surface area contributed by atoms with Crippen LogP contribution in [0.3, 0.4) is 0 Å². The van der Waals surface area contributed by atoms with Crippen LogP contribution in [0, 0.1) is 11.6 Å². The highest BCUT2D eigenvalue weighted by Crippen LogP contribution is 2.38. The zero-order valence-corrected chi connectivity index (χ0v) is 19.6. The number of alkyl halides is 7. The molecular weight excluding hydrogens is 527 g/mol. The third-order valence-electron chi connectivity index (χ3n) is 5.68. The molecule has 0 aromatic heterocycles. The van der Waals surface area contributed by atoms with E-state index in [9.17, 15) is 39.5 Å². The smallest absolute Gasteiger partial charge is 0.428 e. The maximum Gasteiger partial charge on any atom is 0.461 e. The highest BCUT2D eigenvalue weighted by atomic mass is 19.4. The first-order valence-corrected chi connectivity index (χ1v) is 11.2. The van der Waals surface area contributed by atoms with Gasteiger partial charge in [-0.15, -0.1) is 0 Å². The van der Waals surface area contributed by atoms with Gasteiger partial charge in [-0.3, -0.25) is 0 Å². The molecule has 1 unspecified atom stereocenters. The summed E-state index contributed by atoms with van der Waals surface area (Å²) in [5.74, 6) is -2.76. The average molecular weight is 550 g/mol. The van der Waals surface area contributed by atoms with Gasteiger partial charge >= 0.3 is 18.7 Å². The standard InChI is InChI=1S/C26H23F9N2O/c27-19-8-6-17(7-9-19)24(13-16-4-2-1-3-5-16,37-15-21(36)14-25(31,32)33)18-10-20(28)12-22(11-18)38-26(34,35)23(29)30/h1-12,21,23,37H,13-15,36H2/t21?,24-/m1/s1. The predicted octanol–water partition coefficient (Wildman–Crippen LogP) is 6.56. The fourth-order valence-corrected chi connectivity index (χ4v) is 4.02. The van der Waals surface area contributed by atoms with Crippen molar-refractivity contribution in [3.8, 4) is 5.75 Å². The predicted molar refractivity (Wildman–Crippen MR) is 122 cm³/mol. The number of nitrogens with two attached hydrogens (primary N) is 1. The molecule has 206 valence electrons. The van der Waals surface area contributed by atoms with Crippen molar-refractivity contribution >= 4 is 0 Å². The van der Waals surface area contributed by atoms with Crippen LogP contribution in [0.1, 0.15) is 23.1 Å². The summed E-state index contributed by atoms with van der Waals surface area (Å²) in [4.78, 5) is 0. The van der Waals surface area contributed by atoms with E-state index in [1.807, 2.05) is 0 Å². The second-order valence-corrected chi connectivity index (χ2v) is 8.68. The molecule has 0 heterocycles. The molecule has 3 nitrogen and oxygen atoms in total. The molecule has 0 spiro atoms. The van der Waals surface area contributed by atoms with Gasteiger partial charge in [0.1, 0.15) is 17.4 Å². The van der Waals surface area contributed by atoms with Gasteiger partial charge in [0, 0.05) is 18.7 Å². The number of benzene rings is 3. The van der Waals surface area contributed by atoms with Crippen LogP contribution >= 0.6 is 0 Å². The van der Waals surface area contributed by atoms with Crippen LogP contribution in [0.25, 0.3) is 0 Å². The van der Waals surface area contributed by atoms with E-state index in [1.165, 1.54) is 12.1 Å². The van der Waals surface area contributed by atoms with Crippen molar-refractivity contribution in [3.05, 3.63) is 101 Å². The second kappa shape index (κ2) is 11.6. The van der Waals surface area contributed by atoms with E-state index in [1.54, 1.807) is 30.3 Å². The van der Waals surface area contributed by atoms with Crippen LogP contribution < -0.4 is 15.8 Å². The first-order valence-electron chi connectivity index (χ1n) is 11.2. The summed E-state index contributed by atoms with van der Waals surface area (Å²) >= 11 is 0. The van der Waals surface area contributed by atoms with Gasteiger partial charge in [0.05, 0.1) is 12.0 Å². The average Bonchev–Trinajstić information content (AvgIpc) is 2.81. The Bertz CT molecular complexity index is 1190. The Morgan fingerprint density at radius 1 is 0.789 bits per heavy atom. The highest BCUT2D eigenvalue weighted by Gasteiger charge is 2.44. The van der Waals surface area contributed by atoms with Gasteiger partial charge in [0.25, 0.3) is 0 Å². The minimum Gasteiger partial charge on any atom is -0.428 e. The van der Waals surface area contributed by atoms with Crippen molar-refractivity contribution in [2.75, 3.05) is 6.54 Å². The summed E-state index contributed by atoms with van der Waals surface area (Å²) < 4.78 is 124. The van der Waals surface area contributed by atoms with Crippen LogP contribution in [-0.4, -0.2) is 31.3 Å². The lowest BCUT2D eigenvalue weighted by atomic mass is 9.77. The number of hydrogen-bond donors (Lipinski definition) is 2. The molecule has 0 saturated carbocycles. The number of rotatable bonds is 11. The Balaban J connectivity index is 2.19. The van der Waals surface area contributed by atoms with Crippen molar-refractivity contribution in [1.29, 1.82) is 0 Å². The van der Waals surface area contributed by atoms with Gasteiger partial charge in [-0.2, -0.15) is 30.7 Å². The van der Waals surface area contributed by atoms with E-state index < -0.39 is 60.6 Å². The highest BCUT2D eigenvalue weighted by molar-refractivity contribution is 5.44. The van der Waals surface area contributed by atoms with E-state index in [4.69, 9.17) is 5.73 Å². The number of halogens is 9. The summed E-state index contributed by atoms with van der Waals surface area (Å²) in [6.07, 6.45) is -15.3. The first kappa shape index (κ1) is 29.3. The van der Waals surface area contributed by atoms with Crippen LogP contribution in [0.5, 0.6) is 5.75 Å².